The third-order valence-corrected chi connectivity index (χ3v) is 4.64. The Hall–Kier alpha value is -1.55. The summed E-state index contributed by atoms with van der Waals surface area (Å²) in [5.41, 5.74) is 8.75. The molecule has 1 atom stereocenters. The van der Waals surface area contributed by atoms with Crippen LogP contribution in [0.2, 0.25) is 0 Å². The molecule has 3 rings (SSSR count). The number of benzene rings is 1. The van der Waals surface area contributed by atoms with Gasteiger partial charge in [0.05, 0.1) is 0 Å². The number of fused-ring (bicyclic) bond motifs is 1. The molecule has 0 aliphatic carbocycles. The first-order chi connectivity index (χ1) is 10.2. The van der Waals surface area contributed by atoms with E-state index in [2.05, 4.69) is 29.2 Å². The third-order valence-electron chi connectivity index (χ3n) is 4.64. The molecule has 2 heterocycles. The highest BCUT2D eigenvalue weighted by Crippen LogP contribution is 2.27. The van der Waals surface area contributed by atoms with Crippen LogP contribution in [0.1, 0.15) is 31.2 Å². The number of nitrogens with zero attached hydrogens (tertiary/aromatic N) is 2. The number of likely N-dealkylation sites (tertiary alicyclic amines) is 1. The second-order valence-electron chi connectivity index (χ2n) is 6.21. The highest BCUT2D eigenvalue weighted by Gasteiger charge is 2.22. The summed E-state index contributed by atoms with van der Waals surface area (Å²) in [6.07, 6.45) is 4.97. The lowest BCUT2D eigenvalue weighted by Crippen LogP contribution is -2.41. The van der Waals surface area contributed by atoms with Crippen LogP contribution in [0.25, 0.3) is 0 Å². The Morgan fingerprint density at radius 3 is 3.00 bits per heavy atom. The van der Waals surface area contributed by atoms with E-state index in [1.807, 2.05) is 4.90 Å². The van der Waals surface area contributed by atoms with Crippen LogP contribution in [0.15, 0.2) is 24.3 Å². The number of nitrogens with two attached hydrogens (primary N) is 1. The van der Waals surface area contributed by atoms with Crippen molar-refractivity contribution in [3.8, 4) is 0 Å². The predicted molar refractivity (Wildman–Crippen MR) is 85.4 cm³/mol. The van der Waals surface area contributed by atoms with E-state index < -0.39 is 0 Å². The van der Waals surface area contributed by atoms with Gasteiger partial charge in [-0.25, -0.2) is 0 Å². The van der Waals surface area contributed by atoms with Gasteiger partial charge in [0.15, 0.2) is 0 Å². The molecule has 0 aromatic heterocycles. The van der Waals surface area contributed by atoms with Crippen molar-refractivity contribution in [2.24, 2.45) is 5.73 Å². The van der Waals surface area contributed by atoms with Crippen molar-refractivity contribution in [2.75, 3.05) is 31.1 Å². The van der Waals surface area contributed by atoms with Gasteiger partial charge in [-0.15, -0.1) is 0 Å². The molecule has 0 saturated carbocycles. The van der Waals surface area contributed by atoms with Crippen LogP contribution in [0.5, 0.6) is 0 Å². The summed E-state index contributed by atoms with van der Waals surface area (Å²) in [6, 6.07) is 8.67. The zero-order valence-corrected chi connectivity index (χ0v) is 12.6. The number of amides is 1. The summed E-state index contributed by atoms with van der Waals surface area (Å²) in [7, 11) is 0. The standard InChI is InChI=1S/C17H25N3O/c18-15-6-3-4-10-20(13-15)17(21)9-12-19-11-8-14-5-1-2-7-16(14)19/h1-2,5,7,15H,3-4,6,8-13,18H2/t15-/m0/s1. The van der Waals surface area contributed by atoms with Gasteiger partial charge in [0, 0.05) is 44.3 Å². The van der Waals surface area contributed by atoms with Crippen LogP contribution in [-0.2, 0) is 11.2 Å². The van der Waals surface area contributed by atoms with E-state index in [9.17, 15) is 4.79 Å². The predicted octanol–water partition coefficient (Wildman–Crippen LogP) is 1.78. The van der Waals surface area contributed by atoms with Gasteiger partial charge in [-0.2, -0.15) is 0 Å². The van der Waals surface area contributed by atoms with Crippen LogP contribution in [0, 0.1) is 0 Å². The fourth-order valence-corrected chi connectivity index (χ4v) is 3.43. The Morgan fingerprint density at radius 2 is 2.10 bits per heavy atom. The molecule has 114 valence electrons. The van der Waals surface area contributed by atoms with Gasteiger partial charge in [-0.1, -0.05) is 24.6 Å². The molecule has 0 spiro atoms. The Bertz CT molecular complexity index is 503. The molecule has 1 aromatic rings. The number of hydrogen-bond donors (Lipinski definition) is 1. The van der Waals surface area contributed by atoms with Crippen LogP contribution >= 0.6 is 0 Å². The molecule has 4 nitrogen and oxygen atoms in total. The number of rotatable bonds is 3. The number of para-hydroxylation sites is 1. The average Bonchev–Trinajstić information content (AvgIpc) is 2.78. The lowest BCUT2D eigenvalue weighted by Gasteiger charge is -2.25. The highest BCUT2D eigenvalue weighted by atomic mass is 16.2. The van der Waals surface area contributed by atoms with Crippen molar-refractivity contribution in [3.63, 3.8) is 0 Å². The maximum absolute atomic E-state index is 12.4. The Labute approximate surface area is 126 Å². The van der Waals surface area contributed by atoms with E-state index in [1.54, 1.807) is 0 Å². The molecular weight excluding hydrogens is 262 g/mol. The molecule has 1 fully saturated rings. The lowest BCUT2D eigenvalue weighted by molar-refractivity contribution is -0.131. The molecule has 2 N–H and O–H groups in total. The van der Waals surface area contributed by atoms with Gasteiger partial charge in [0.25, 0.3) is 0 Å². The van der Waals surface area contributed by atoms with E-state index in [-0.39, 0.29) is 11.9 Å². The zero-order valence-electron chi connectivity index (χ0n) is 12.6. The van der Waals surface area contributed by atoms with Gasteiger partial charge in [-0.3, -0.25) is 4.79 Å². The van der Waals surface area contributed by atoms with Crippen molar-refractivity contribution < 1.29 is 4.79 Å². The van der Waals surface area contributed by atoms with Gasteiger partial charge >= 0.3 is 0 Å². The first-order valence-electron chi connectivity index (χ1n) is 8.10. The largest absolute Gasteiger partial charge is 0.370 e. The fourth-order valence-electron chi connectivity index (χ4n) is 3.43. The number of anilines is 1. The Kier molecular flexibility index (Phi) is 4.44. The molecular formula is C17H25N3O. The van der Waals surface area contributed by atoms with Crippen LogP contribution in [-0.4, -0.2) is 43.0 Å². The smallest absolute Gasteiger partial charge is 0.224 e. The average molecular weight is 287 g/mol. The Balaban J connectivity index is 1.54. The molecule has 2 aliphatic rings. The van der Waals surface area contributed by atoms with E-state index >= 15 is 0 Å². The molecule has 0 radical (unpaired) electrons. The summed E-state index contributed by atoms with van der Waals surface area (Å²) >= 11 is 0. The summed E-state index contributed by atoms with van der Waals surface area (Å²) in [6.45, 7) is 3.46. The molecule has 0 unspecified atom stereocenters. The summed E-state index contributed by atoms with van der Waals surface area (Å²) in [4.78, 5) is 16.7. The summed E-state index contributed by atoms with van der Waals surface area (Å²) < 4.78 is 0. The minimum atomic E-state index is 0.156. The van der Waals surface area contributed by atoms with Gasteiger partial charge in [0.1, 0.15) is 0 Å². The number of carbonyl (C=O) groups is 1. The number of carbonyl (C=O) groups excluding carboxylic acids is 1. The van der Waals surface area contributed by atoms with Crippen LogP contribution in [0.4, 0.5) is 5.69 Å². The van der Waals surface area contributed by atoms with Crippen molar-refractivity contribution in [1.29, 1.82) is 0 Å². The first kappa shape index (κ1) is 14.4. The van der Waals surface area contributed by atoms with Crippen molar-refractivity contribution >= 4 is 11.6 Å². The molecule has 4 heteroatoms. The number of hydrogen-bond acceptors (Lipinski definition) is 3. The maximum Gasteiger partial charge on any atom is 0.224 e. The lowest BCUT2D eigenvalue weighted by atomic mass is 10.1. The first-order valence-corrected chi connectivity index (χ1v) is 8.10. The third kappa shape index (κ3) is 3.38. The normalized spacial score (nSPS) is 22.0. The minimum absolute atomic E-state index is 0.156. The minimum Gasteiger partial charge on any atom is -0.370 e. The van der Waals surface area contributed by atoms with E-state index in [1.165, 1.54) is 11.3 Å². The molecule has 2 aliphatic heterocycles. The van der Waals surface area contributed by atoms with E-state index in [0.29, 0.717) is 6.42 Å². The summed E-state index contributed by atoms with van der Waals surface area (Å²) in [5, 5.41) is 0. The second kappa shape index (κ2) is 6.48. The molecule has 1 aromatic carbocycles. The zero-order chi connectivity index (χ0) is 14.7. The SMILES string of the molecule is N[C@H]1CCCCN(C(=O)CCN2CCc3ccccc32)C1. The molecule has 1 amide bonds. The highest BCUT2D eigenvalue weighted by molar-refractivity contribution is 5.77. The summed E-state index contributed by atoms with van der Waals surface area (Å²) in [5.74, 6) is 0.261. The van der Waals surface area contributed by atoms with E-state index in [4.69, 9.17) is 5.73 Å². The van der Waals surface area contributed by atoms with E-state index in [0.717, 1.165) is 51.9 Å². The quantitative estimate of drug-likeness (QED) is 0.922. The maximum atomic E-state index is 12.4. The van der Waals surface area contributed by atoms with Crippen molar-refractivity contribution in [1.82, 2.24) is 4.90 Å². The monoisotopic (exact) mass is 287 g/mol. The second-order valence-corrected chi connectivity index (χ2v) is 6.21. The van der Waals surface area contributed by atoms with Gasteiger partial charge < -0.3 is 15.5 Å². The van der Waals surface area contributed by atoms with Crippen LogP contribution < -0.4 is 10.6 Å². The van der Waals surface area contributed by atoms with Crippen molar-refractivity contribution in [2.45, 2.75) is 38.1 Å². The fraction of sp³-hybridized carbons (Fsp3) is 0.588. The Morgan fingerprint density at radius 1 is 1.24 bits per heavy atom. The molecule has 1 saturated heterocycles. The van der Waals surface area contributed by atoms with Crippen LogP contribution in [0.3, 0.4) is 0 Å². The molecule has 21 heavy (non-hydrogen) atoms. The van der Waals surface area contributed by atoms with Crippen molar-refractivity contribution in [3.05, 3.63) is 29.8 Å². The molecule has 0 bridgehead atoms. The van der Waals surface area contributed by atoms with Gasteiger partial charge in [-0.05, 0) is 30.9 Å². The topological polar surface area (TPSA) is 49.6 Å². The van der Waals surface area contributed by atoms with Gasteiger partial charge in [0.2, 0.25) is 5.91 Å².